The van der Waals surface area contributed by atoms with Crippen LogP contribution in [0.15, 0.2) is 42.7 Å². The van der Waals surface area contributed by atoms with Crippen molar-refractivity contribution in [1.29, 1.82) is 0 Å². The predicted molar refractivity (Wildman–Crippen MR) is 114 cm³/mol. The van der Waals surface area contributed by atoms with Crippen LogP contribution >= 0.6 is 0 Å². The van der Waals surface area contributed by atoms with Crippen LogP contribution in [0.4, 0.5) is 10.2 Å². The lowest BCUT2D eigenvalue weighted by Gasteiger charge is -2.31. The molecule has 3 aromatic rings. The van der Waals surface area contributed by atoms with Crippen molar-refractivity contribution in [2.75, 3.05) is 11.4 Å². The standard InChI is InChI=1S/C23H24FN5O2/c1-15-13-28(22-9-16(2)27-29(22)14-15)23(31)8-6-20(30)10-19-5-3-17(11-25-19)18-4-7-21(24)26-12-18/h3-5,7,9,11-12,15H,6,8,10,13-14H2,1-2H3. The SMILES string of the molecule is Cc1cc2n(n1)CC(C)CN2C(=O)CCC(=O)Cc1ccc(-c2ccc(F)nc2)cn1. The first-order valence-electron chi connectivity index (χ1n) is 10.3. The molecular weight excluding hydrogens is 397 g/mol. The van der Waals surface area contributed by atoms with E-state index in [0.29, 0.717) is 18.2 Å². The number of hydrogen-bond acceptors (Lipinski definition) is 5. The van der Waals surface area contributed by atoms with Gasteiger partial charge in [-0.1, -0.05) is 13.0 Å². The van der Waals surface area contributed by atoms with Gasteiger partial charge in [-0.15, -0.1) is 0 Å². The zero-order valence-electron chi connectivity index (χ0n) is 17.6. The van der Waals surface area contributed by atoms with Gasteiger partial charge >= 0.3 is 0 Å². The van der Waals surface area contributed by atoms with Crippen molar-refractivity contribution < 1.29 is 14.0 Å². The van der Waals surface area contributed by atoms with E-state index < -0.39 is 5.95 Å². The third-order valence-corrected chi connectivity index (χ3v) is 5.32. The molecule has 0 saturated carbocycles. The number of pyridine rings is 2. The highest BCUT2D eigenvalue weighted by atomic mass is 19.1. The Morgan fingerprint density at radius 3 is 2.48 bits per heavy atom. The summed E-state index contributed by atoms with van der Waals surface area (Å²) < 4.78 is 14.8. The van der Waals surface area contributed by atoms with Crippen LogP contribution in [-0.2, 0) is 22.6 Å². The van der Waals surface area contributed by atoms with Crippen molar-refractivity contribution in [3.8, 4) is 11.1 Å². The van der Waals surface area contributed by atoms with E-state index in [1.807, 2.05) is 23.7 Å². The highest BCUT2D eigenvalue weighted by Crippen LogP contribution is 2.25. The van der Waals surface area contributed by atoms with E-state index in [9.17, 15) is 14.0 Å². The summed E-state index contributed by atoms with van der Waals surface area (Å²) in [5, 5.41) is 4.44. The number of amides is 1. The van der Waals surface area contributed by atoms with Gasteiger partial charge in [-0.3, -0.25) is 19.5 Å². The van der Waals surface area contributed by atoms with Gasteiger partial charge < -0.3 is 0 Å². The number of hydrogen-bond donors (Lipinski definition) is 0. The zero-order chi connectivity index (χ0) is 22.0. The van der Waals surface area contributed by atoms with Crippen molar-refractivity contribution >= 4 is 17.5 Å². The predicted octanol–water partition coefficient (Wildman–Crippen LogP) is 3.36. The monoisotopic (exact) mass is 421 g/mol. The molecule has 1 unspecified atom stereocenters. The lowest BCUT2D eigenvalue weighted by atomic mass is 10.1. The van der Waals surface area contributed by atoms with E-state index in [1.54, 1.807) is 23.2 Å². The summed E-state index contributed by atoms with van der Waals surface area (Å²) in [4.78, 5) is 34.9. The van der Waals surface area contributed by atoms with Gasteiger partial charge in [-0.05, 0) is 31.0 Å². The number of aryl methyl sites for hydroxylation is 1. The maximum Gasteiger partial charge on any atom is 0.228 e. The second-order valence-electron chi connectivity index (χ2n) is 8.06. The van der Waals surface area contributed by atoms with Crippen molar-refractivity contribution in [3.05, 3.63) is 60.1 Å². The largest absolute Gasteiger partial charge is 0.299 e. The third kappa shape index (κ3) is 4.84. The molecule has 0 bridgehead atoms. The second kappa shape index (κ2) is 8.75. The molecule has 0 radical (unpaired) electrons. The number of nitrogens with zero attached hydrogens (tertiary/aromatic N) is 5. The molecule has 0 spiro atoms. The topological polar surface area (TPSA) is 81.0 Å². The van der Waals surface area contributed by atoms with Crippen LogP contribution in [0.2, 0.25) is 0 Å². The van der Waals surface area contributed by atoms with Crippen molar-refractivity contribution in [3.63, 3.8) is 0 Å². The Kier molecular flexibility index (Phi) is 5.88. The number of carbonyl (C=O) groups excluding carboxylic acids is 2. The van der Waals surface area contributed by atoms with Crippen LogP contribution in [0.3, 0.4) is 0 Å². The fourth-order valence-corrected chi connectivity index (χ4v) is 3.79. The second-order valence-corrected chi connectivity index (χ2v) is 8.06. The molecule has 3 aromatic heterocycles. The average Bonchev–Trinajstić information content (AvgIpc) is 3.12. The van der Waals surface area contributed by atoms with Gasteiger partial charge in [0.25, 0.3) is 0 Å². The Balaban J connectivity index is 1.33. The number of halogens is 1. The molecule has 160 valence electrons. The molecule has 1 amide bonds. The van der Waals surface area contributed by atoms with E-state index in [4.69, 9.17) is 0 Å². The average molecular weight is 421 g/mol. The maximum absolute atomic E-state index is 13.0. The van der Waals surface area contributed by atoms with Crippen LogP contribution in [0.25, 0.3) is 11.1 Å². The van der Waals surface area contributed by atoms with E-state index in [1.165, 1.54) is 12.3 Å². The Labute approximate surface area is 179 Å². The maximum atomic E-state index is 13.0. The number of fused-ring (bicyclic) bond motifs is 1. The molecule has 1 aliphatic heterocycles. The fraction of sp³-hybridized carbons (Fsp3) is 0.348. The van der Waals surface area contributed by atoms with Gasteiger partial charge in [0.1, 0.15) is 11.6 Å². The summed E-state index contributed by atoms with van der Waals surface area (Å²) in [7, 11) is 0. The minimum atomic E-state index is -0.535. The number of Topliss-reactive ketones (excluding diaryl/α,β-unsaturated/α-hetero) is 1. The summed E-state index contributed by atoms with van der Waals surface area (Å²) >= 11 is 0. The molecule has 0 fully saturated rings. The van der Waals surface area contributed by atoms with Gasteiger partial charge in [0.2, 0.25) is 11.9 Å². The molecule has 8 heteroatoms. The van der Waals surface area contributed by atoms with E-state index >= 15 is 0 Å². The van der Waals surface area contributed by atoms with Gasteiger partial charge in [-0.2, -0.15) is 9.49 Å². The molecule has 0 saturated heterocycles. The van der Waals surface area contributed by atoms with Gasteiger partial charge in [-0.25, -0.2) is 9.67 Å². The number of carbonyl (C=O) groups is 2. The molecule has 4 heterocycles. The van der Waals surface area contributed by atoms with E-state index in [2.05, 4.69) is 22.0 Å². The highest BCUT2D eigenvalue weighted by Gasteiger charge is 2.27. The van der Waals surface area contributed by atoms with E-state index in [0.717, 1.165) is 29.2 Å². The van der Waals surface area contributed by atoms with Crippen molar-refractivity contribution in [1.82, 2.24) is 19.7 Å². The molecule has 1 atom stereocenters. The molecule has 0 aliphatic carbocycles. The Hall–Kier alpha value is -3.42. The molecule has 7 nitrogen and oxygen atoms in total. The Morgan fingerprint density at radius 2 is 1.81 bits per heavy atom. The normalized spacial score (nSPS) is 15.6. The van der Waals surface area contributed by atoms with E-state index in [-0.39, 0.29) is 31.0 Å². The van der Waals surface area contributed by atoms with Crippen LogP contribution in [0.1, 0.15) is 31.2 Å². The number of ketones is 1. The molecule has 0 N–H and O–H groups in total. The number of anilines is 1. The lowest BCUT2D eigenvalue weighted by molar-refractivity contribution is -0.123. The van der Waals surface area contributed by atoms with Gasteiger partial charge in [0.05, 0.1) is 5.69 Å². The first-order chi connectivity index (χ1) is 14.9. The van der Waals surface area contributed by atoms with Crippen molar-refractivity contribution in [2.45, 2.75) is 39.7 Å². The summed E-state index contributed by atoms with van der Waals surface area (Å²) in [5.74, 6) is 0.484. The smallest absolute Gasteiger partial charge is 0.228 e. The van der Waals surface area contributed by atoms with Gasteiger partial charge in [0, 0.05) is 67.6 Å². The Morgan fingerprint density at radius 1 is 1.06 bits per heavy atom. The van der Waals surface area contributed by atoms with Crippen molar-refractivity contribution in [2.24, 2.45) is 5.92 Å². The minimum Gasteiger partial charge on any atom is -0.299 e. The molecular formula is C23H24FN5O2. The van der Waals surface area contributed by atoms with Gasteiger partial charge in [0.15, 0.2) is 0 Å². The summed E-state index contributed by atoms with van der Waals surface area (Å²) in [5.41, 5.74) is 3.06. The summed E-state index contributed by atoms with van der Waals surface area (Å²) in [6.45, 7) is 5.43. The molecule has 0 aromatic carbocycles. The quantitative estimate of drug-likeness (QED) is 0.570. The summed E-state index contributed by atoms with van der Waals surface area (Å²) in [6.07, 6.45) is 3.58. The molecule has 1 aliphatic rings. The zero-order valence-corrected chi connectivity index (χ0v) is 17.6. The number of aromatic nitrogens is 4. The van der Waals surface area contributed by atoms with Crippen LogP contribution in [0, 0.1) is 18.8 Å². The van der Waals surface area contributed by atoms with Crippen LogP contribution < -0.4 is 4.90 Å². The molecule has 4 rings (SSSR count). The first-order valence-corrected chi connectivity index (χ1v) is 10.3. The molecule has 31 heavy (non-hydrogen) atoms. The number of rotatable bonds is 6. The first kappa shape index (κ1) is 20.8. The van der Waals surface area contributed by atoms with Crippen LogP contribution in [0.5, 0.6) is 0 Å². The fourth-order valence-electron chi connectivity index (χ4n) is 3.79. The third-order valence-electron chi connectivity index (χ3n) is 5.32. The lowest BCUT2D eigenvalue weighted by Crippen LogP contribution is -2.41. The highest BCUT2D eigenvalue weighted by molar-refractivity contribution is 5.95. The minimum absolute atomic E-state index is 0.0354. The summed E-state index contributed by atoms with van der Waals surface area (Å²) in [6, 6.07) is 8.43. The Bertz CT molecular complexity index is 1090. The van der Waals surface area contributed by atoms with Crippen LogP contribution in [-0.4, -0.2) is 38.0 Å².